The summed E-state index contributed by atoms with van der Waals surface area (Å²) in [5, 5.41) is 3.42. The van der Waals surface area contributed by atoms with Crippen LogP contribution in [0.4, 0.5) is 5.00 Å². The van der Waals surface area contributed by atoms with Crippen LogP contribution in [0.15, 0.2) is 24.3 Å². The number of ether oxygens (including phenoxy) is 2. The molecule has 1 aliphatic rings. The fourth-order valence-corrected chi connectivity index (χ4v) is 4.85. The second-order valence-corrected chi connectivity index (χ2v) is 8.72. The van der Waals surface area contributed by atoms with Gasteiger partial charge in [0.1, 0.15) is 10.8 Å². The van der Waals surface area contributed by atoms with Crippen LogP contribution < -0.4 is 10.1 Å². The number of nitrogens with one attached hydrogen (secondary N) is 1. The van der Waals surface area contributed by atoms with Gasteiger partial charge in [0.25, 0.3) is 5.91 Å². The van der Waals surface area contributed by atoms with Crippen molar-refractivity contribution in [2.45, 2.75) is 46.0 Å². The van der Waals surface area contributed by atoms with Crippen molar-refractivity contribution in [3.05, 3.63) is 45.8 Å². The topological polar surface area (TPSA) is 64.6 Å². The number of methoxy groups -OCH3 is 1. The Morgan fingerprint density at radius 1 is 1.32 bits per heavy atom. The molecule has 0 fully saturated rings. The average molecular weight is 402 g/mol. The molecular formula is C22H27NO4S. The third-order valence-corrected chi connectivity index (χ3v) is 6.22. The summed E-state index contributed by atoms with van der Waals surface area (Å²) in [7, 11) is 1.37. The molecule has 0 saturated heterocycles. The Bertz CT molecular complexity index is 871. The first-order valence-electron chi connectivity index (χ1n) is 9.64. The summed E-state index contributed by atoms with van der Waals surface area (Å²) in [5.41, 5.74) is 2.69. The van der Waals surface area contributed by atoms with Crippen LogP contribution in [0.2, 0.25) is 0 Å². The highest BCUT2D eigenvalue weighted by Gasteiger charge is 2.28. The van der Waals surface area contributed by atoms with E-state index in [1.54, 1.807) is 0 Å². The molecule has 5 nitrogen and oxygen atoms in total. The van der Waals surface area contributed by atoms with E-state index in [1.807, 2.05) is 24.3 Å². The zero-order valence-electron chi connectivity index (χ0n) is 16.8. The van der Waals surface area contributed by atoms with Gasteiger partial charge < -0.3 is 14.8 Å². The number of hydrogen-bond donors (Lipinski definition) is 1. The van der Waals surface area contributed by atoms with Crippen LogP contribution in [0.25, 0.3) is 0 Å². The van der Waals surface area contributed by atoms with Gasteiger partial charge in [-0.25, -0.2) is 4.79 Å². The highest BCUT2D eigenvalue weighted by atomic mass is 32.1. The Kier molecular flexibility index (Phi) is 6.39. The number of benzene rings is 1. The number of anilines is 1. The van der Waals surface area contributed by atoms with Crippen LogP contribution in [0, 0.1) is 5.92 Å². The Balaban J connectivity index is 1.72. The molecule has 0 bridgehead atoms. The molecule has 0 saturated carbocycles. The number of hydrogen-bond acceptors (Lipinski definition) is 5. The second-order valence-electron chi connectivity index (χ2n) is 7.61. The minimum Gasteiger partial charge on any atom is -0.484 e. The van der Waals surface area contributed by atoms with Crippen LogP contribution >= 0.6 is 11.3 Å². The number of fused-ring (bicyclic) bond motifs is 1. The maximum Gasteiger partial charge on any atom is 0.341 e. The lowest BCUT2D eigenvalue weighted by Gasteiger charge is -2.18. The van der Waals surface area contributed by atoms with E-state index in [2.05, 4.69) is 26.1 Å². The van der Waals surface area contributed by atoms with Crippen molar-refractivity contribution in [3.8, 4) is 5.75 Å². The zero-order valence-corrected chi connectivity index (χ0v) is 17.7. The summed E-state index contributed by atoms with van der Waals surface area (Å²) in [5.74, 6) is 0.949. The molecule has 0 radical (unpaired) electrons. The number of esters is 1. The molecule has 1 amide bonds. The quantitative estimate of drug-likeness (QED) is 0.706. The van der Waals surface area contributed by atoms with E-state index in [1.165, 1.54) is 23.3 Å². The van der Waals surface area contributed by atoms with Gasteiger partial charge in [0.05, 0.1) is 12.7 Å². The molecule has 28 heavy (non-hydrogen) atoms. The highest BCUT2D eigenvalue weighted by Crippen LogP contribution is 2.40. The molecule has 1 unspecified atom stereocenters. The van der Waals surface area contributed by atoms with Crippen LogP contribution in [0.1, 0.15) is 59.5 Å². The molecular weight excluding hydrogens is 374 g/mol. The van der Waals surface area contributed by atoms with E-state index >= 15 is 0 Å². The number of carbonyl (C=O) groups is 2. The Labute approximate surface area is 170 Å². The lowest BCUT2D eigenvalue weighted by Crippen LogP contribution is -2.21. The SMILES string of the molecule is COC(=O)c1c(NC(=O)COc2cccc(C(C)C)c2)sc2c1CCC(C)C2. The van der Waals surface area contributed by atoms with Gasteiger partial charge in [0.15, 0.2) is 6.61 Å². The summed E-state index contributed by atoms with van der Waals surface area (Å²) in [6.45, 7) is 6.32. The van der Waals surface area contributed by atoms with E-state index in [9.17, 15) is 9.59 Å². The third-order valence-electron chi connectivity index (χ3n) is 5.05. The number of amides is 1. The van der Waals surface area contributed by atoms with Crippen LogP contribution in [0.3, 0.4) is 0 Å². The Morgan fingerprint density at radius 2 is 2.11 bits per heavy atom. The maximum atomic E-state index is 12.5. The van der Waals surface area contributed by atoms with Gasteiger partial charge in [-0.1, -0.05) is 32.9 Å². The normalized spacial score (nSPS) is 15.8. The molecule has 0 spiro atoms. The first-order valence-corrected chi connectivity index (χ1v) is 10.5. The average Bonchev–Trinajstić information content (AvgIpc) is 3.02. The standard InChI is InChI=1S/C22H27NO4S/c1-13(2)15-6-5-7-16(11-15)27-12-19(24)23-21-20(22(25)26-4)17-9-8-14(3)10-18(17)28-21/h5-7,11,13-14H,8-10,12H2,1-4H3,(H,23,24). The molecule has 1 N–H and O–H groups in total. The van der Waals surface area contributed by atoms with E-state index in [4.69, 9.17) is 9.47 Å². The first kappa shape index (κ1) is 20.4. The van der Waals surface area contributed by atoms with Crippen LogP contribution in [0.5, 0.6) is 5.75 Å². The molecule has 6 heteroatoms. The van der Waals surface area contributed by atoms with Crippen LogP contribution in [-0.2, 0) is 22.4 Å². The Morgan fingerprint density at radius 3 is 2.82 bits per heavy atom. The molecule has 2 aromatic rings. The fourth-order valence-electron chi connectivity index (χ4n) is 3.43. The van der Waals surface area contributed by atoms with Crippen molar-refractivity contribution in [2.75, 3.05) is 19.0 Å². The number of rotatable bonds is 6. The fraction of sp³-hybridized carbons (Fsp3) is 0.455. The van der Waals surface area contributed by atoms with E-state index in [-0.39, 0.29) is 12.5 Å². The maximum absolute atomic E-state index is 12.5. The molecule has 150 valence electrons. The van der Waals surface area contributed by atoms with Gasteiger partial charge in [0, 0.05) is 4.88 Å². The smallest absolute Gasteiger partial charge is 0.341 e. The molecule has 1 atom stereocenters. The van der Waals surface area contributed by atoms with Gasteiger partial charge in [-0.3, -0.25) is 4.79 Å². The van der Waals surface area contributed by atoms with E-state index < -0.39 is 5.97 Å². The monoisotopic (exact) mass is 401 g/mol. The molecule has 0 aliphatic heterocycles. The van der Waals surface area contributed by atoms with E-state index in [0.717, 1.165) is 30.4 Å². The van der Waals surface area contributed by atoms with Crippen molar-refractivity contribution in [2.24, 2.45) is 5.92 Å². The van der Waals surface area contributed by atoms with E-state index in [0.29, 0.717) is 28.1 Å². The van der Waals surface area contributed by atoms with Crippen molar-refractivity contribution in [1.29, 1.82) is 0 Å². The second kappa shape index (κ2) is 8.78. The van der Waals surface area contributed by atoms with Crippen molar-refractivity contribution < 1.29 is 19.1 Å². The summed E-state index contributed by atoms with van der Waals surface area (Å²) in [6, 6.07) is 7.75. The largest absolute Gasteiger partial charge is 0.484 e. The first-order chi connectivity index (χ1) is 13.4. The summed E-state index contributed by atoms with van der Waals surface area (Å²) in [6.07, 6.45) is 2.81. The Hall–Kier alpha value is -2.34. The molecule has 1 aromatic heterocycles. The van der Waals surface area contributed by atoms with Gasteiger partial charge in [-0.05, 0) is 54.4 Å². The van der Waals surface area contributed by atoms with Crippen molar-refractivity contribution >= 4 is 28.2 Å². The third kappa shape index (κ3) is 4.55. The molecule has 1 aliphatic carbocycles. The predicted molar refractivity (Wildman–Crippen MR) is 112 cm³/mol. The van der Waals surface area contributed by atoms with Gasteiger partial charge in [0.2, 0.25) is 0 Å². The summed E-state index contributed by atoms with van der Waals surface area (Å²) >= 11 is 1.48. The van der Waals surface area contributed by atoms with Crippen molar-refractivity contribution in [3.63, 3.8) is 0 Å². The lowest BCUT2D eigenvalue weighted by atomic mass is 9.88. The summed E-state index contributed by atoms with van der Waals surface area (Å²) < 4.78 is 10.6. The lowest BCUT2D eigenvalue weighted by molar-refractivity contribution is -0.118. The summed E-state index contributed by atoms with van der Waals surface area (Å²) in [4.78, 5) is 25.9. The van der Waals surface area contributed by atoms with Gasteiger partial charge >= 0.3 is 5.97 Å². The predicted octanol–water partition coefficient (Wildman–Crippen LogP) is 4.80. The zero-order chi connectivity index (χ0) is 20.3. The van der Waals surface area contributed by atoms with Crippen molar-refractivity contribution in [1.82, 2.24) is 0 Å². The van der Waals surface area contributed by atoms with Crippen LogP contribution in [-0.4, -0.2) is 25.6 Å². The van der Waals surface area contributed by atoms with Gasteiger partial charge in [-0.15, -0.1) is 11.3 Å². The molecule has 1 heterocycles. The number of thiophene rings is 1. The van der Waals surface area contributed by atoms with Gasteiger partial charge in [-0.2, -0.15) is 0 Å². The minimum atomic E-state index is -0.395. The minimum absolute atomic E-state index is 0.110. The number of carbonyl (C=O) groups excluding carboxylic acids is 2. The molecule has 3 rings (SSSR count). The molecule has 1 aromatic carbocycles. The highest BCUT2D eigenvalue weighted by molar-refractivity contribution is 7.17.